The first-order valence-corrected chi connectivity index (χ1v) is 10.1. The van der Waals surface area contributed by atoms with Crippen molar-refractivity contribution in [1.82, 2.24) is 15.7 Å². The van der Waals surface area contributed by atoms with Crippen LogP contribution < -0.4 is 10.8 Å². The second-order valence-electron chi connectivity index (χ2n) is 7.89. The molecule has 1 aliphatic rings. The number of urea groups is 1. The number of hydrogen-bond acceptors (Lipinski definition) is 4. The highest BCUT2D eigenvalue weighted by molar-refractivity contribution is 6.07. The van der Waals surface area contributed by atoms with Crippen LogP contribution in [0.3, 0.4) is 0 Å². The van der Waals surface area contributed by atoms with Crippen molar-refractivity contribution in [2.24, 2.45) is 5.92 Å². The number of rotatable bonds is 8. The molecule has 2 aromatic rings. The summed E-state index contributed by atoms with van der Waals surface area (Å²) in [6.45, 7) is 3.43. The van der Waals surface area contributed by atoms with Crippen molar-refractivity contribution in [2.45, 2.75) is 45.2 Å². The third-order valence-corrected chi connectivity index (χ3v) is 5.34. The van der Waals surface area contributed by atoms with Gasteiger partial charge in [-0.2, -0.15) is 0 Å². The minimum atomic E-state index is -1.05. The Balaban J connectivity index is 1.60. The minimum Gasteiger partial charge on any atom is -0.326 e. The SMILES string of the molecule is CC(C)[C@H](C(=O)NO)N1C(=O)N[C@@H](CCc2ccc(Cc3ccccc3)cc2)C1=O. The molecular weight excluding hydrogens is 382 g/mol. The molecule has 158 valence electrons. The summed E-state index contributed by atoms with van der Waals surface area (Å²) in [5.74, 6) is -1.55. The van der Waals surface area contributed by atoms with Crippen molar-refractivity contribution >= 4 is 17.8 Å². The van der Waals surface area contributed by atoms with E-state index in [1.807, 2.05) is 30.3 Å². The highest BCUT2D eigenvalue weighted by Gasteiger charge is 2.45. The van der Waals surface area contributed by atoms with Gasteiger partial charge in [0.25, 0.3) is 11.8 Å². The third kappa shape index (κ3) is 4.86. The number of carbonyl (C=O) groups excluding carboxylic acids is 3. The summed E-state index contributed by atoms with van der Waals surface area (Å²) >= 11 is 0. The standard InChI is InChI=1S/C23H27N3O4/c1-15(2)20(21(27)25-30)26-22(28)19(24-23(26)29)13-12-16-8-10-18(11-9-16)14-17-6-4-3-5-7-17/h3-11,15,19-20,30H,12-14H2,1-2H3,(H,24,29)(H,25,27)/t19-,20+/m0/s1. The lowest BCUT2D eigenvalue weighted by molar-refractivity contribution is -0.142. The fourth-order valence-corrected chi connectivity index (χ4v) is 3.76. The second kappa shape index (κ2) is 9.54. The minimum absolute atomic E-state index is 0.331. The van der Waals surface area contributed by atoms with Gasteiger partial charge in [0.1, 0.15) is 12.1 Å². The molecule has 30 heavy (non-hydrogen) atoms. The van der Waals surface area contributed by atoms with Gasteiger partial charge in [0.15, 0.2) is 0 Å². The van der Waals surface area contributed by atoms with E-state index in [-0.39, 0.29) is 5.92 Å². The molecule has 1 fully saturated rings. The van der Waals surface area contributed by atoms with E-state index >= 15 is 0 Å². The molecule has 0 bridgehead atoms. The zero-order valence-corrected chi connectivity index (χ0v) is 17.2. The van der Waals surface area contributed by atoms with Gasteiger partial charge in [0.2, 0.25) is 0 Å². The van der Waals surface area contributed by atoms with Crippen LogP contribution >= 0.6 is 0 Å². The van der Waals surface area contributed by atoms with Crippen LogP contribution in [-0.4, -0.2) is 40.0 Å². The van der Waals surface area contributed by atoms with E-state index in [0.717, 1.165) is 16.9 Å². The molecule has 7 nitrogen and oxygen atoms in total. The number of nitrogens with one attached hydrogen (secondary N) is 2. The second-order valence-corrected chi connectivity index (χ2v) is 7.89. The lowest BCUT2D eigenvalue weighted by atomic mass is 9.99. The van der Waals surface area contributed by atoms with Crippen LogP contribution in [0.25, 0.3) is 0 Å². The first-order valence-electron chi connectivity index (χ1n) is 10.1. The van der Waals surface area contributed by atoms with Crippen LogP contribution in [0, 0.1) is 5.92 Å². The van der Waals surface area contributed by atoms with Crippen LogP contribution in [0.5, 0.6) is 0 Å². The van der Waals surface area contributed by atoms with Crippen LogP contribution in [0.2, 0.25) is 0 Å². The van der Waals surface area contributed by atoms with Gasteiger partial charge in [-0.1, -0.05) is 68.4 Å². The molecule has 0 spiro atoms. The van der Waals surface area contributed by atoms with Crippen LogP contribution in [0.1, 0.15) is 37.0 Å². The molecule has 0 radical (unpaired) electrons. The summed E-state index contributed by atoms with van der Waals surface area (Å²) in [6, 6.07) is 16.1. The Morgan fingerprint density at radius 1 is 1.03 bits per heavy atom. The van der Waals surface area contributed by atoms with E-state index in [4.69, 9.17) is 5.21 Å². The van der Waals surface area contributed by atoms with Gasteiger partial charge in [-0.05, 0) is 41.9 Å². The number of nitrogens with zero attached hydrogens (tertiary/aromatic N) is 1. The molecule has 1 saturated heterocycles. The van der Waals surface area contributed by atoms with Gasteiger partial charge in [-0.25, -0.2) is 15.2 Å². The Labute approximate surface area is 176 Å². The van der Waals surface area contributed by atoms with Crippen LogP contribution in [0.15, 0.2) is 54.6 Å². The number of amides is 4. The summed E-state index contributed by atoms with van der Waals surface area (Å²) in [4.78, 5) is 37.9. The maximum Gasteiger partial charge on any atom is 0.325 e. The van der Waals surface area contributed by atoms with Crippen molar-refractivity contribution in [2.75, 3.05) is 0 Å². The van der Waals surface area contributed by atoms with Crippen LogP contribution in [0.4, 0.5) is 4.79 Å². The fraction of sp³-hybridized carbons (Fsp3) is 0.348. The van der Waals surface area contributed by atoms with E-state index in [2.05, 4.69) is 29.6 Å². The molecule has 3 N–H and O–H groups in total. The first-order chi connectivity index (χ1) is 14.4. The van der Waals surface area contributed by atoms with Crippen LogP contribution in [-0.2, 0) is 22.4 Å². The lowest BCUT2D eigenvalue weighted by Gasteiger charge is -2.26. The summed E-state index contributed by atoms with van der Waals surface area (Å²) < 4.78 is 0. The van der Waals surface area contributed by atoms with Crippen molar-refractivity contribution in [3.63, 3.8) is 0 Å². The number of carbonyl (C=O) groups is 3. The molecule has 2 atom stereocenters. The zero-order chi connectivity index (χ0) is 21.7. The van der Waals surface area contributed by atoms with Gasteiger partial charge in [-0.15, -0.1) is 0 Å². The highest BCUT2D eigenvalue weighted by atomic mass is 16.5. The Morgan fingerprint density at radius 3 is 2.23 bits per heavy atom. The number of hydroxylamine groups is 1. The number of hydrogen-bond donors (Lipinski definition) is 3. The summed E-state index contributed by atoms with van der Waals surface area (Å²) in [5.41, 5.74) is 5.07. The van der Waals surface area contributed by atoms with Gasteiger partial charge >= 0.3 is 6.03 Å². The summed E-state index contributed by atoms with van der Waals surface area (Å²) in [6.07, 6.45) is 1.91. The lowest BCUT2D eigenvalue weighted by Crippen LogP contribution is -2.52. The third-order valence-electron chi connectivity index (χ3n) is 5.34. The van der Waals surface area contributed by atoms with Gasteiger partial charge in [0, 0.05) is 0 Å². The van der Waals surface area contributed by atoms with Crippen molar-refractivity contribution in [3.05, 3.63) is 71.3 Å². The topological polar surface area (TPSA) is 98.7 Å². The smallest absolute Gasteiger partial charge is 0.325 e. The molecule has 1 heterocycles. The number of imide groups is 1. The maximum atomic E-state index is 12.7. The average molecular weight is 409 g/mol. The molecule has 0 aromatic heterocycles. The Morgan fingerprint density at radius 2 is 1.63 bits per heavy atom. The van der Waals surface area contributed by atoms with E-state index < -0.39 is 29.9 Å². The molecule has 0 unspecified atom stereocenters. The quantitative estimate of drug-likeness (QED) is 0.355. The molecular formula is C23H27N3O4. The van der Waals surface area contributed by atoms with E-state index in [0.29, 0.717) is 12.8 Å². The molecule has 2 aromatic carbocycles. The van der Waals surface area contributed by atoms with Crippen molar-refractivity contribution in [3.8, 4) is 0 Å². The van der Waals surface area contributed by atoms with Gasteiger partial charge in [-0.3, -0.25) is 14.8 Å². The first kappa shape index (κ1) is 21.5. The number of benzene rings is 2. The van der Waals surface area contributed by atoms with E-state index in [1.54, 1.807) is 19.3 Å². The number of aryl methyl sites for hydroxylation is 1. The monoisotopic (exact) mass is 409 g/mol. The largest absolute Gasteiger partial charge is 0.326 e. The predicted octanol–water partition coefficient (Wildman–Crippen LogP) is 2.66. The zero-order valence-electron chi connectivity index (χ0n) is 17.2. The highest BCUT2D eigenvalue weighted by Crippen LogP contribution is 2.20. The Hall–Kier alpha value is -3.19. The molecule has 4 amide bonds. The van der Waals surface area contributed by atoms with Crippen molar-refractivity contribution in [1.29, 1.82) is 0 Å². The molecule has 0 saturated carbocycles. The normalized spacial score (nSPS) is 17.2. The molecule has 1 aliphatic heterocycles. The summed E-state index contributed by atoms with van der Waals surface area (Å²) in [7, 11) is 0. The molecule has 3 rings (SSSR count). The van der Waals surface area contributed by atoms with Crippen molar-refractivity contribution < 1.29 is 19.6 Å². The Bertz CT molecular complexity index is 896. The maximum absolute atomic E-state index is 12.7. The van der Waals surface area contributed by atoms with E-state index in [9.17, 15) is 14.4 Å². The summed E-state index contributed by atoms with van der Waals surface area (Å²) in [5, 5.41) is 11.6. The van der Waals surface area contributed by atoms with E-state index in [1.165, 1.54) is 11.1 Å². The predicted molar refractivity (Wildman–Crippen MR) is 112 cm³/mol. The molecule has 7 heteroatoms. The average Bonchev–Trinajstić information content (AvgIpc) is 3.02. The van der Waals surface area contributed by atoms with Gasteiger partial charge < -0.3 is 5.32 Å². The fourth-order valence-electron chi connectivity index (χ4n) is 3.76. The molecule has 0 aliphatic carbocycles. The Kier molecular flexibility index (Phi) is 6.84. The van der Waals surface area contributed by atoms with Gasteiger partial charge in [0.05, 0.1) is 0 Å².